The fraction of sp³-hybridized carbons (Fsp3) is 0.471. The van der Waals surface area contributed by atoms with Crippen LogP contribution in [-0.4, -0.2) is 25.3 Å². The van der Waals surface area contributed by atoms with E-state index in [9.17, 15) is 4.79 Å². The maximum atomic E-state index is 11.8. The number of rotatable bonds is 3. The minimum Gasteiger partial charge on any atom is -0.486 e. The van der Waals surface area contributed by atoms with Gasteiger partial charge in [-0.3, -0.25) is 0 Å². The standard InChI is InChI=1S/C17H22N2O3/c20-17(18-10-13-6-2-1-3-7-13)19-11-14-12-21-15-8-4-5-9-16(15)22-14/h4-5,8-10,14H,1-3,6-7,11-12H2,(H2,18,19,20). The SMILES string of the molecule is O=C(NC=C1CCCCC1)NCC1COc2ccccc2O1. The maximum absolute atomic E-state index is 11.8. The lowest BCUT2D eigenvalue weighted by atomic mass is 9.96. The number of hydrogen-bond donors (Lipinski definition) is 2. The molecule has 0 saturated heterocycles. The minimum atomic E-state index is -0.194. The summed E-state index contributed by atoms with van der Waals surface area (Å²) in [5.41, 5.74) is 1.33. The number of fused-ring (bicyclic) bond motifs is 1. The zero-order valence-electron chi connectivity index (χ0n) is 12.6. The van der Waals surface area contributed by atoms with Crippen LogP contribution in [0.4, 0.5) is 4.79 Å². The quantitative estimate of drug-likeness (QED) is 0.902. The number of urea groups is 1. The summed E-state index contributed by atoms with van der Waals surface area (Å²) in [6.07, 6.45) is 7.62. The third-order valence-electron chi connectivity index (χ3n) is 3.96. The highest BCUT2D eigenvalue weighted by molar-refractivity contribution is 5.75. The van der Waals surface area contributed by atoms with Crippen molar-refractivity contribution in [1.29, 1.82) is 0 Å². The molecule has 1 unspecified atom stereocenters. The van der Waals surface area contributed by atoms with Gasteiger partial charge in [0.15, 0.2) is 17.6 Å². The Hall–Kier alpha value is -2.17. The van der Waals surface area contributed by atoms with Crippen LogP contribution in [0, 0.1) is 0 Å². The second kappa shape index (κ2) is 7.20. The van der Waals surface area contributed by atoms with Crippen molar-refractivity contribution in [3.63, 3.8) is 0 Å². The van der Waals surface area contributed by atoms with E-state index < -0.39 is 0 Å². The van der Waals surface area contributed by atoms with E-state index in [1.165, 1.54) is 24.8 Å². The first kappa shape index (κ1) is 14.8. The van der Waals surface area contributed by atoms with Gasteiger partial charge >= 0.3 is 6.03 Å². The third kappa shape index (κ3) is 3.93. The van der Waals surface area contributed by atoms with Crippen molar-refractivity contribution < 1.29 is 14.3 Å². The lowest BCUT2D eigenvalue weighted by Gasteiger charge is -2.26. The Kier molecular flexibility index (Phi) is 4.83. The molecule has 22 heavy (non-hydrogen) atoms. The number of carbonyl (C=O) groups excluding carboxylic acids is 1. The first-order valence-corrected chi connectivity index (χ1v) is 7.92. The van der Waals surface area contributed by atoms with Crippen LogP contribution in [0.25, 0.3) is 0 Å². The van der Waals surface area contributed by atoms with E-state index in [4.69, 9.17) is 9.47 Å². The molecule has 1 aromatic rings. The normalized spacial score (nSPS) is 20.2. The zero-order chi connectivity index (χ0) is 15.2. The highest BCUT2D eigenvalue weighted by atomic mass is 16.6. The Balaban J connectivity index is 1.42. The molecule has 1 aliphatic heterocycles. The molecular weight excluding hydrogens is 280 g/mol. The highest BCUT2D eigenvalue weighted by Gasteiger charge is 2.20. The zero-order valence-corrected chi connectivity index (χ0v) is 12.6. The number of ether oxygens (including phenoxy) is 2. The summed E-state index contributed by atoms with van der Waals surface area (Å²) in [5, 5.41) is 5.63. The van der Waals surface area contributed by atoms with Crippen molar-refractivity contribution in [2.45, 2.75) is 38.2 Å². The Morgan fingerprint density at radius 2 is 1.95 bits per heavy atom. The van der Waals surface area contributed by atoms with Crippen LogP contribution in [0.3, 0.4) is 0 Å². The number of carbonyl (C=O) groups is 1. The molecule has 5 nitrogen and oxygen atoms in total. The topological polar surface area (TPSA) is 59.6 Å². The summed E-state index contributed by atoms with van der Waals surface area (Å²) in [4.78, 5) is 11.8. The van der Waals surface area contributed by atoms with Gasteiger partial charge < -0.3 is 20.1 Å². The number of hydrogen-bond acceptors (Lipinski definition) is 3. The van der Waals surface area contributed by atoms with Crippen molar-refractivity contribution in [2.24, 2.45) is 0 Å². The average molecular weight is 302 g/mol. The third-order valence-corrected chi connectivity index (χ3v) is 3.96. The molecular formula is C17H22N2O3. The Morgan fingerprint density at radius 3 is 2.77 bits per heavy atom. The maximum Gasteiger partial charge on any atom is 0.318 e. The first-order chi connectivity index (χ1) is 10.8. The fourth-order valence-electron chi connectivity index (χ4n) is 2.74. The number of amides is 2. The Bertz CT molecular complexity index is 549. The van der Waals surface area contributed by atoms with Gasteiger partial charge in [0.05, 0.1) is 6.54 Å². The summed E-state index contributed by atoms with van der Waals surface area (Å²) in [7, 11) is 0. The van der Waals surface area contributed by atoms with E-state index in [1.54, 1.807) is 0 Å². The Labute approximate surface area is 130 Å². The largest absolute Gasteiger partial charge is 0.486 e. The van der Waals surface area contributed by atoms with Gasteiger partial charge in [0, 0.05) is 6.20 Å². The summed E-state index contributed by atoms with van der Waals surface area (Å²) in [5.74, 6) is 1.48. The van der Waals surface area contributed by atoms with Crippen molar-refractivity contribution in [1.82, 2.24) is 10.6 Å². The smallest absolute Gasteiger partial charge is 0.318 e. The first-order valence-electron chi connectivity index (χ1n) is 7.92. The molecule has 1 saturated carbocycles. The van der Waals surface area contributed by atoms with Gasteiger partial charge in [0.25, 0.3) is 0 Å². The van der Waals surface area contributed by atoms with Crippen LogP contribution in [-0.2, 0) is 0 Å². The predicted molar refractivity (Wildman–Crippen MR) is 84.1 cm³/mol. The van der Waals surface area contributed by atoms with Crippen LogP contribution in [0.15, 0.2) is 36.0 Å². The van der Waals surface area contributed by atoms with E-state index in [2.05, 4.69) is 10.6 Å². The van der Waals surface area contributed by atoms with Crippen molar-refractivity contribution in [3.8, 4) is 11.5 Å². The van der Waals surface area contributed by atoms with Crippen LogP contribution in [0.5, 0.6) is 11.5 Å². The number of allylic oxidation sites excluding steroid dienone is 1. The fourth-order valence-corrected chi connectivity index (χ4v) is 2.74. The van der Waals surface area contributed by atoms with E-state index in [0.717, 1.165) is 24.3 Å². The summed E-state index contributed by atoms with van der Waals surface area (Å²) in [6.45, 7) is 0.863. The second-order valence-electron chi connectivity index (χ2n) is 5.72. The highest BCUT2D eigenvalue weighted by Crippen LogP contribution is 2.30. The van der Waals surface area contributed by atoms with Gasteiger partial charge in [0.2, 0.25) is 0 Å². The van der Waals surface area contributed by atoms with Gasteiger partial charge in [-0.1, -0.05) is 24.1 Å². The van der Waals surface area contributed by atoms with E-state index >= 15 is 0 Å². The monoisotopic (exact) mass is 302 g/mol. The number of para-hydroxylation sites is 2. The van der Waals surface area contributed by atoms with Crippen LogP contribution in [0.2, 0.25) is 0 Å². The molecule has 1 heterocycles. The van der Waals surface area contributed by atoms with Crippen molar-refractivity contribution in [2.75, 3.05) is 13.2 Å². The molecule has 0 spiro atoms. The molecule has 2 N–H and O–H groups in total. The average Bonchev–Trinajstić information content (AvgIpc) is 2.59. The minimum absolute atomic E-state index is 0.164. The molecule has 1 fully saturated rings. The summed E-state index contributed by atoms with van der Waals surface area (Å²) >= 11 is 0. The lowest BCUT2D eigenvalue weighted by Crippen LogP contribution is -2.43. The van der Waals surface area contributed by atoms with Gasteiger partial charge in [-0.2, -0.15) is 0 Å². The second-order valence-corrected chi connectivity index (χ2v) is 5.72. The predicted octanol–water partition coefficient (Wildman–Crippen LogP) is 2.97. The molecule has 118 valence electrons. The van der Waals surface area contributed by atoms with Crippen molar-refractivity contribution in [3.05, 3.63) is 36.0 Å². The van der Waals surface area contributed by atoms with E-state index in [1.807, 2.05) is 30.5 Å². The van der Waals surface area contributed by atoms with Gasteiger partial charge in [-0.05, 0) is 37.8 Å². The van der Waals surface area contributed by atoms with Crippen LogP contribution < -0.4 is 20.1 Å². The van der Waals surface area contributed by atoms with Gasteiger partial charge in [0.1, 0.15) is 6.61 Å². The van der Waals surface area contributed by atoms with Gasteiger partial charge in [-0.15, -0.1) is 0 Å². The molecule has 0 aromatic heterocycles. The van der Waals surface area contributed by atoms with Gasteiger partial charge in [-0.25, -0.2) is 4.79 Å². The van der Waals surface area contributed by atoms with E-state index in [-0.39, 0.29) is 12.1 Å². The number of nitrogens with one attached hydrogen (secondary N) is 2. The number of benzene rings is 1. The Morgan fingerprint density at radius 1 is 1.18 bits per heavy atom. The molecule has 3 rings (SSSR count). The molecule has 1 aromatic carbocycles. The van der Waals surface area contributed by atoms with Crippen molar-refractivity contribution >= 4 is 6.03 Å². The summed E-state index contributed by atoms with van der Waals surface area (Å²) in [6, 6.07) is 7.37. The van der Waals surface area contributed by atoms with E-state index in [0.29, 0.717) is 13.2 Å². The van der Waals surface area contributed by atoms with Crippen LogP contribution >= 0.6 is 0 Å². The lowest BCUT2D eigenvalue weighted by molar-refractivity contribution is 0.0919. The molecule has 2 aliphatic rings. The molecule has 0 radical (unpaired) electrons. The molecule has 5 heteroatoms. The molecule has 2 amide bonds. The molecule has 1 atom stereocenters. The molecule has 0 bridgehead atoms. The van der Waals surface area contributed by atoms with Crippen LogP contribution in [0.1, 0.15) is 32.1 Å². The summed E-state index contributed by atoms with van der Waals surface area (Å²) < 4.78 is 11.4. The molecule has 1 aliphatic carbocycles.